The number of anilines is 1. The number of imidazole rings is 1. The molecule has 8 rings (SSSR count). The van der Waals surface area contributed by atoms with E-state index in [1.807, 2.05) is 60.8 Å². The molecule has 2 aliphatic rings. The maximum atomic E-state index is 14.1. The second-order valence-corrected chi connectivity index (χ2v) is 15.8. The Bertz CT molecular complexity index is 2610. The first-order valence-electron chi connectivity index (χ1n) is 21.1. The third-order valence-corrected chi connectivity index (χ3v) is 11.9. The van der Waals surface area contributed by atoms with Crippen LogP contribution in [0.3, 0.4) is 0 Å². The Balaban J connectivity index is 1.04. The van der Waals surface area contributed by atoms with Crippen LogP contribution in [0.25, 0.3) is 33.1 Å². The molecular formula is C47H50N8O7. The molecule has 0 bridgehead atoms. The Morgan fingerprint density at radius 2 is 1.44 bits per heavy atom. The van der Waals surface area contributed by atoms with Crippen LogP contribution in [-0.4, -0.2) is 85.6 Å². The number of unbranched alkanes of at least 4 members (excludes halogenated alkanes) is 1. The number of carbonyl (C=O) groups excluding carboxylic acids is 4. The van der Waals surface area contributed by atoms with Gasteiger partial charge in [0.2, 0.25) is 5.91 Å². The Morgan fingerprint density at radius 3 is 2.11 bits per heavy atom. The number of benzene rings is 4. The SMILES string of the molecule is CCCCn1c2cc(NC(=O)[C@@H]3CCCN3C(=O)C(NC(=O)O)c3ccccc3)ccc2c2ccc(-c3c[nH]c([C@@H]4CCCN4C(=O)C(NC(=O)OC)c4ccccc4)n3)cc21. The molecule has 4 aromatic carbocycles. The molecule has 5 N–H and O–H groups in total. The number of amides is 5. The molecule has 2 unspecified atom stereocenters. The van der Waals surface area contributed by atoms with Gasteiger partial charge in [-0.1, -0.05) is 92.2 Å². The summed E-state index contributed by atoms with van der Waals surface area (Å²) in [6, 6.07) is 26.8. The lowest BCUT2D eigenvalue weighted by Gasteiger charge is -2.28. The zero-order chi connectivity index (χ0) is 43.3. The number of aromatic nitrogens is 3. The van der Waals surface area contributed by atoms with Crippen molar-refractivity contribution in [2.75, 3.05) is 25.5 Å². The van der Waals surface area contributed by atoms with Crippen LogP contribution in [0.4, 0.5) is 15.3 Å². The molecule has 2 saturated heterocycles. The van der Waals surface area contributed by atoms with Gasteiger partial charge in [0, 0.05) is 53.4 Å². The highest BCUT2D eigenvalue weighted by molar-refractivity contribution is 6.10. The Labute approximate surface area is 358 Å². The minimum atomic E-state index is -1.32. The number of aromatic amines is 1. The second-order valence-electron chi connectivity index (χ2n) is 15.8. The first kappa shape index (κ1) is 41.6. The van der Waals surface area contributed by atoms with E-state index in [0.29, 0.717) is 55.0 Å². The fraction of sp³-hybridized carbons (Fsp3) is 0.319. The van der Waals surface area contributed by atoms with E-state index in [1.165, 1.54) is 12.0 Å². The van der Waals surface area contributed by atoms with Crippen LogP contribution in [0.15, 0.2) is 103 Å². The highest BCUT2D eigenvalue weighted by atomic mass is 16.5. The molecule has 0 radical (unpaired) electrons. The van der Waals surface area contributed by atoms with Crippen molar-refractivity contribution in [3.63, 3.8) is 0 Å². The zero-order valence-electron chi connectivity index (χ0n) is 34.7. The first-order chi connectivity index (χ1) is 30.1. The highest BCUT2D eigenvalue weighted by Crippen LogP contribution is 2.37. The molecule has 0 saturated carbocycles. The number of alkyl carbamates (subject to hydrolysis) is 1. The predicted octanol–water partition coefficient (Wildman–Crippen LogP) is 7.68. The van der Waals surface area contributed by atoms with E-state index in [0.717, 1.165) is 58.9 Å². The van der Waals surface area contributed by atoms with Crippen LogP contribution in [-0.2, 0) is 25.7 Å². The quantitative estimate of drug-likeness (QED) is 0.0782. The normalized spacial score (nSPS) is 17.2. The number of likely N-dealkylation sites (tertiary alicyclic amines) is 2. The summed E-state index contributed by atoms with van der Waals surface area (Å²) < 4.78 is 7.12. The number of fused-ring (bicyclic) bond motifs is 3. The van der Waals surface area contributed by atoms with Crippen molar-refractivity contribution in [1.82, 2.24) is 35.0 Å². The molecule has 62 heavy (non-hydrogen) atoms. The number of carboxylic acid groups (broad SMARTS) is 1. The summed E-state index contributed by atoms with van der Waals surface area (Å²) in [5, 5.41) is 19.7. The number of H-pyrrole nitrogens is 1. The van der Waals surface area contributed by atoms with Gasteiger partial charge in [0.15, 0.2) is 0 Å². The van der Waals surface area contributed by atoms with Gasteiger partial charge in [0.1, 0.15) is 23.9 Å². The van der Waals surface area contributed by atoms with Gasteiger partial charge in [-0.05, 0) is 61.4 Å². The molecule has 2 aliphatic heterocycles. The maximum absolute atomic E-state index is 14.1. The topological polar surface area (TPSA) is 191 Å². The van der Waals surface area contributed by atoms with E-state index in [4.69, 9.17) is 9.72 Å². The molecule has 6 aromatic rings. The van der Waals surface area contributed by atoms with Gasteiger partial charge in [-0.2, -0.15) is 0 Å². The average Bonchev–Trinajstić information content (AvgIpc) is 4.13. The summed E-state index contributed by atoms with van der Waals surface area (Å²) in [6.45, 7) is 3.75. The van der Waals surface area contributed by atoms with Crippen molar-refractivity contribution in [2.45, 2.75) is 76.2 Å². The summed E-state index contributed by atoms with van der Waals surface area (Å²) in [5.74, 6) is -0.370. The van der Waals surface area contributed by atoms with E-state index in [-0.39, 0.29) is 17.9 Å². The number of methoxy groups -OCH3 is 1. The van der Waals surface area contributed by atoms with E-state index in [9.17, 15) is 29.1 Å². The number of hydrogen-bond donors (Lipinski definition) is 5. The lowest BCUT2D eigenvalue weighted by Crippen LogP contribution is -2.48. The average molecular weight is 839 g/mol. The molecule has 2 fully saturated rings. The highest BCUT2D eigenvalue weighted by Gasteiger charge is 2.39. The minimum absolute atomic E-state index is 0.238. The van der Waals surface area contributed by atoms with Gasteiger partial charge in [-0.3, -0.25) is 14.4 Å². The van der Waals surface area contributed by atoms with Crippen LogP contribution in [0, 0.1) is 0 Å². The number of nitrogens with zero attached hydrogens (tertiary/aromatic N) is 4. The van der Waals surface area contributed by atoms with Gasteiger partial charge in [0.25, 0.3) is 11.8 Å². The van der Waals surface area contributed by atoms with E-state index >= 15 is 0 Å². The molecule has 0 aliphatic carbocycles. The Morgan fingerprint density at radius 1 is 0.806 bits per heavy atom. The van der Waals surface area contributed by atoms with Crippen LogP contribution in [0.1, 0.15) is 80.5 Å². The minimum Gasteiger partial charge on any atom is -0.465 e. The number of hydrogen-bond acceptors (Lipinski definition) is 7. The Hall–Kier alpha value is -7.16. The standard InChI is InChI=1S/C47H50N8O7/c1-3-4-23-53-38-26-31(35-28-48-42(50-35)36-17-11-24-54(36)45(58)41(52-47(61)62-2)30-15-9-6-10-16-30)19-21-33(38)34-22-20-32(27-39(34)53)49-43(56)37-18-12-25-55(37)44(57)40(51-46(59)60)29-13-7-5-8-14-29/h5-10,13-16,19-22,26-28,36-37,40-41,51H,3-4,11-12,17-18,23-25H2,1-2H3,(H,48,50)(H,49,56)(H,52,61)(H,59,60)/t36-,37-,40?,41?/m0/s1. The molecule has 320 valence electrons. The number of carbonyl (C=O) groups is 5. The lowest BCUT2D eigenvalue weighted by molar-refractivity contribution is -0.138. The monoisotopic (exact) mass is 838 g/mol. The largest absolute Gasteiger partial charge is 0.465 e. The van der Waals surface area contributed by atoms with Crippen molar-refractivity contribution < 1.29 is 33.8 Å². The summed E-state index contributed by atoms with van der Waals surface area (Å²) in [5.41, 5.74) is 5.36. The molecular weight excluding hydrogens is 789 g/mol. The van der Waals surface area contributed by atoms with Crippen LogP contribution in [0.2, 0.25) is 0 Å². The van der Waals surface area contributed by atoms with Crippen LogP contribution >= 0.6 is 0 Å². The van der Waals surface area contributed by atoms with Gasteiger partial charge in [-0.15, -0.1) is 0 Å². The van der Waals surface area contributed by atoms with Gasteiger partial charge >= 0.3 is 12.2 Å². The van der Waals surface area contributed by atoms with Crippen molar-refractivity contribution in [3.05, 3.63) is 120 Å². The van der Waals surface area contributed by atoms with E-state index in [1.54, 1.807) is 35.2 Å². The smallest absolute Gasteiger partial charge is 0.407 e. The van der Waals surface area contributed by atoms with Crippen molar-refractivity contribution in [2.24, 2.45) is 0 Å². The lowest BCUT2D eigenvalue weighted by atomic mass is 10.0. The summed E-state index contributed by atoms with van der Waals surface area (Å²) in [7, 11) is 1.27. The van der Waals surface area contributed by atoms with Gasteiger partial charge in [-0.25, -0.2) is 14.6 Å². The van der Waals surface area contributed by atoms with Crippen molar-refractivity contribution >= 4 is 57.4 Å². The first-order valence-corrected chi connectivity index (χ1v) is 21.1. The summed E-state index contributed by atoms with van der Waals surface area (Å²) in [6.07, 6.45) is 4.33. The van der Waals surface area contributed by atoms with Crippen LogP contribution in [0.5, 0.6) is 0 Å². The van der Waals surface area contributed by atoms with Gasteiger partial charge < -0.3 is 45.1 Å². The molecule has 15 heteroatoms. The van der Waals surface area contributed by atoms with E-state index < -0.39 is 36.2 Å². The second kappa shape index (κ2) is 18.2. The maximum Gasteiger partial charge on any atom is 0.407 e. The predicted molar refractivity (Wildman–Crippen MR) is 234 cm³/mol. The molecule has 4 heterocycles. The number of nitrogens with one attached hydrogen (secondary N) is 4. The van der Waals surface area contributed by atoms with Crippen molar-refractivity contribution in [3.8, 4) is 11.3 Å². The van der Waals surface area contributed by atoms with E-state index in [2.05, 4.69) is 44.6 Å². The van der Waals surface area contributed by atoms with Gasteiger partial charge in [0.05, 0.1) is 24.4 Å². The Kier molecular flexibility index (Phi) is 12.2. The van der Waals surface area contributed by atoms with Crippen LogP contribution < -0.4 is 16.0 Å². The number of ether oxygens (including phenoxy) is 1. The third-order valence-electron chi connectivity index (χ3n) is 11.9. The zero-order valence-corrected chi connectivity index (χ0v) is 34.7. The molecule has 2 aromatic heterocycles. The molecule has 0 spiro atoms. The molecule has 15 nitrogen and oxygen atoms in total. The van der Waals surface area contributed by atoms with Crippen molar-refractivity contribution in [1.29, 1.82) is 0 Å². The summed E-state index contributed by atoms with van der Waals surface area (Å²) in [4.78, 5) is 77.4. The number of rotatable bonds is 13. The number of aryl methyl sites for hydroxylation is 1. The molecule has 5 amide bonds. The fourth-order valence-corrected chi connectivity index (χ4v) is 8.89. The fourth-order valence-electron chi connectivity index (χ4n) is 8.89. The third kappa shape index (κ3) is 8.42. The molecule has 4 atom stereocenters. The summed E-state index contributed by atoms with van der Waals surface area (Å²) >= 11 is 0.